The summed E-state index contributed by atoms with van der Waals surface area (Å²) >= 11 is 1.34. The van der Waals surface area contributed by atoms with Crippen LogP contribution in [0.4, 0.5) is 13.2 Å². The number of halogens is 3. The van der Waals surface area contributed by atoms with Crippen molar-refractivity contribution in [3.63, 3.8) is 0 Å². The lowest BCUT2D eigenvalue weighted by Gasteiger charge is -2.28. The van der Waals surface area contributed by atoms with Crippen LogP contribution in [0.2, 0.25) is 0 Å². The van der Waals surface area contributed by atoms with Crippen LogP contribution in [-0.4, -0.2) is 35.7 Å². The van der Waals surface area contributed by atoms with Gasteiger partial charge in [-0.1, -0.05) is 19.1 Å². The Morgan fingerprint density at radius 3 is 2.39 bits per heavy atom. The van der Waals surface area contributed by atoms with Crippen molar-refractivity contribution in [1.82, 2.24) is 4.90 Å². The van der Waals surface area contributed by atoms with Crippen molar-refractivity contribution < 1.29 is 27.5 Å². The van der Waals surface area contributed by atoms with E-state index in [1.807, 2.05) is 0 Å². The van der Waals surface area contributed by atoms with E-state index in [-0.39, 0.29) is 12.3 Å². The van der Waals surface area contributed by atoms with Crippen molar-refractivity contribution in [1.29, 1.82) is 0 Å². The summed E-state index contributed by atoms with van der Waals surface area (Å²) in [4.78, 5) is 25.4. The zero-order valence-electron chi connectivity index (χ0n) is 12.6. The highest BCUT2D eigenvalue weighted by Crippen LogP contribution is 2.42. The maximum Gasteiger partial charge on any atom is 0.416 e. The number of esters is 1. The molecular weight excluding hydrogens is 331 g/mol. The van der Waals surface area contributed by atoms with E-state index in [0.29, 0.717) is 11.3 Å². The summed E-state index contributed by atoms with van der Waals surface area (Å²) in [6.07, 6.45) is -4.21. The van der Waals surface area contributed by atoms with E-state index in [1.165, 1.54) is 35.9 Å². The van der Waals surface area contributed by atoms with Crippen molar-refractivity contribution in [2.24, 2.45) is 0 Å². The number of thioether (sulfide) groups is 1. The molecule has 1 aromatic rings. The molecule has 1 saturated heterocycles. The van der Waals surface area contributed by atoms with E-state index in [9.17, 15) is 22.8 Å². The molecule has 1 aromatic carbocycles. The monoisotopic (exact) mass is 347 g/mol. The Morgan fingerprint density at radius 2 is 1.91 bits per heavy atom. The van der Waals surface area contributed by atoms with Gasteiger partial charge < -0.3 is 9.64 Å². The lowest BCUT2D eigenvalue weighted by Crippen LogP contribution is -2.43. The van der Waals surface area contributed by atoms with Crippen LogP contribution in [0.3, 0.4) is 0 Å². The third-order valence-corrected chi connectivity index (χ3v) is 4.91. The summed E-state index contributed by atoms with van der Waals surface area (Å²) in [5.74, 6) is -0.409. The number of nitrogens with zero attached hydrogens (tertiary/aromatic N) is 1. The molecule has 0 saturated carbocycles. The summed E-state index contributed by atoms with van der Waals surface area (Å²) in [6.45, 7) is 1.67. The molecule has 2 unspecified atom stereocenters. The van der Waals surface area contributed by atoms with Gasteiger partial charge in [0.15, 0.2) is 0 Å². The largest absolute Gasteiger partial charge is 0.467 e. The fraction of sp³-hybridized carbons (Fsp3) is 0.467. The standard InChI is InChI=1S/C15H16F3NO3S/c1-3-12(20)19-11(14(21)22-2)8-23-13(19)9-4-6-10(7-5-9)15(16,17)18/h4-7,11,13H,3,8H2,1-2H3. The van der Waals surface area contributed by atoms with E-state index in [1.54, 1.807) is 6.92 Å². The summed E-state index contributed by atoms with van der Waals surface area (Å²) in [5, 5.41) is -0.492. The highest BCUT2D eigenvalue weighted by molar-refractivity contribution is 7.99. The van der Waals surface area contributed by atoms with Gasteiger partial charge in [0.05, 0.1) is 12.7 Å². The maximum atomic E-state index is 12.6. The van der Waals surface area contributed by atoms with Gasteiger partial charge in [0.1, 0.15) is 11.4 Å². The van der Waals surface area contributed by atoms with Gasteiger partial charge in [0.2, 0.25) is 5.91 Å². The number of hydrogen-bond donors (Lipinski definition) is 0. The highest BCUT2D eigenvalue weighted by Gasteiger charge is 2.42. The third-order valence-electron chi connectivity index (χ3n) is 3.59. The quantitative estimate of drug-likeness (QED) is 0.788. The fourth-order valence-corrected chi connectivity index (χ4v) is 3.84. The number of methoxy groups -OCH3 is 1. The molecule has 2 rings (SSSR count). The normalized spacial score (nSPS) is 21.3. The lowest BCUT2D eigenvalue weighted by molar-refractivity contribution is -0.151. The number of amides is 1. The first-order valence-corrected chi connectivity index (χ1v) is 8.02. The van der Waals surface area contributed by atoms with Crippen LogP contribution in [0.1, 0.15) is 29.8 Å². The summed E-state index contributed by atoms with van der Waals surface area (Å²) in [7, 11) is 1.24. The average Bonchev–Trinajstić information content (AvgIpc) is 2.97. The van der Waals surface area contributed by atoms with Crippen molar-refractivity contribution in [2.75, 3.05) is 12.9 Å². The molecule has 0 aliphatic carbocycles. The molecule has 126 valence electrons. The number of carbonyl (C=O) groups excluding carboxylic acids is 2. The third kappa shape index (κ3) is 3.63. The molecule has 0 radical (unpaired) electrons. The van der Waals surface area contributed by atoms with Gasteiger partial charge >= 0.3 is 12.1 Å². The number of alkyl halides is 3. The summed E-state index contributed by atoms with van der Waals surface area (Å²) in [5.41, 5.74) is -0.196. The maximum absolute atomic E-state index is 12.6. The lowest BCUT2D eigenvalue weighted by atomic mass is 10.1. The average molecular weight is 347 g/mol. The minimum atomic E-state index is -4.41. The van der Waals surface area contributed by atoms with Crippen LogP contribution < -0.4 is 0 Å². The van der Waals surface area contributed by atoms with Crippen molar-refractivity contribution in [3.05, 3.63) is 35.4 Å². The van der Waals surface area contributed by atoms with Gasteiger partial charge in [-0.05, 0) is 17.7 Å². The minimum Gasteiger partial charge on any atom is -0.467 e. The number of ether oxygens (including phenoxy) is 1. The topological polar surface area (TPSA) is 46.6 Å². The van der Waals surface area contributed by atoms with E-state index in [4.69, 9.17) is 4.74 Å². The van der Waals surface area contributed by atoms with Crippen LogP contribution >= 0.6 is 11.8 Å². The molecule has 8 heteroatoms. The first-order valence-electron chi connectivity index (χ1n) is 6.97. The number of rotatable bonds is 3. The van der Waals surface area contributed by atoms with Gasteiger partial charge in [-0.3, -0.25) is 4.79 Å². The second-order valence-electron chi connectivity index (χ2n) is 5.00. The molecule has 0 spiro atoms. The van der Waals surface area contributed by atoms with Gasteiger partial charge in [0, 0.05) is 12.2 Å². The van der Waals surface area contributed by atoms with Crippen LogP contribution in [0.25, 0.3) is 0 Å². The van der Waals surface area contributed by atoms with E-state index in [0.717, 1.165) is 12.1 Å². The zero-order chi connectivity index (χ0) is 17.2. The van der Waals surface area contributed by atoms with Crippen LogP contribution in [0.15, 0.2) is 24.3 Å². The molecule has 23 heavy (non-hydrogen) atoms. The number of hydrogen-bond acceptors (Lipinski definition) is 4. The Bertz CT molecular complexity index is 589. The minimum absolute atomic E-state index is 0.200. The Balaban J connectivity index is 2.30. The van der Waals surface area contributed by atoms with E-state index >= 15 is 0 Å². The van der Waals surface area contributed by atoms with Crippen LogP contribution in [0, 0.1) is 0 Å². The first kappa shape index (κ1) is 17.7. The van der Waals surface area contributed by atoms with E-state index < -0.39 is 29.1 Å². The second kappa shape index (κ2) is 6.82. The SMILES string of the molecule is CCC(=O)N1C(C(=O)OC)CSC1c1ccc(C(F)(F)F)cc1. The van der Waals surface area contributed by atoms with Crippen LogP contribution in [0.5, 0.6) is 0 Å². The zero-order valence-corrected chi connectivity index (χ0v) is 13.4. The molecule has 1 aliphatic rings. The van der Waals surface area contributed by atoms with Crippen molar-refractivity contribution in [2.45, 2.75) is 30.9 Å². The second-order valence-corrected chi connectivity index (χ2v) is 6.11. The molecule has 4 nitrogen and oxygen atoms in total. The first-order chi connectivity index (χ1) is 10.8. The van der Waals surface area contributed by atoms with Crippen molar-refractivity contribution >= 4 is 23.6 Å². The van der Waals surface area contributed by atoms with Gasteiger partial charge in [-0.2, -0.15) is 13.2 Å². The summed E-state index contributed by atoms with van der Waals surface area (Å²) in [6, 6.07) is 3.93. The van der Waals surface area contributed by atoms with Gasteiger partial charge in [-0.15, -0.1) is 11.8 Å². The molecular formula is C15H16F3NO3S. The van der Waals surface area contributed by atoms with Crippen molar-refractivity contribution in [3.8, 4) is 0 Å². The van der Waals surface area contributed by atoms with Crippen LogP contribution in [-0.2, 0) is 20.5 Å². The van der Waals surface area contributed by atoms with E-state index in [2.05, 4.69) is 0 Å². The molecule has 2 atom stereocenters. The smallest absolute Gasteiger partial charge is 0.416 e. The Kier molecular flexibility index (Phi) is 5.23. The molecule has 1 amide bonds. The molecule has 1 heterocycles. The Labute approximate surface area is 136 Å². The highest BCUT2D eigenvalue weighted by atomic mass is 32.2. The Hall–Kier alpha value is -1.70. The van der Waals surface area contributed by atoms with Gasteiger partial charge in [-0.25, -0.2) is 4.79 Å². The fourth-order valence-electron chi connectivity index (χ4n) is 2.40. The molecule has 0 bridgehead atoms. The van der Waals surface area contributed by atoms with Gasteiger partial charge in [0.25, 0.3) is 0 Å². The number of carbonyl (C=O) groups is 2. The molecule has 0 N–H and O–H groups in total. The Morgan fingerprint density at radius 1 is 1.30 bits per heavy atom. The molecule has 1 fully saturated rings. The number of benzene rings is 1. The predicted octanol–water partition coefficient (Wildman–Crippen LogP) is 3.23. The predicted molar refractivity (Wildman–Crippen MR) is 79.6 cm³/mol. The molecule has 0 aromatic heterocycles. The summed E-state index contributed by atoms with van der Waals surface area (Å²) < 4.78 is 42.6. The molecule has 1 aliphatic heterocycles.